The molecule has 5 saturated heterocycles. The Bertz CT molecular complexity index is 2530. The summed E-state index contributed by atoms with van der Waals surface area (Å²) in [6.45, 7) is 22.5. The van der Waals surface area contributed by atoms with E-state index in [9.17, 15) is 40.4 Å². The predicted octanol–water partition coefficient (Wildman–Crippen LogP) is 6.40. The molecule has 27 atom stereocenters. The van der Waals surface area contributed by atoms with Crippen molar-refractivity contribution in [2.45, 2.75) is 244 Å². The molecule has 7 N–H and O–H groups in total. The van der Waals surface area contributed by atoms with Crippen LogP contribution in [0.25, 0.3) is 0 Å². The summed E-state index contributed by atoms with van der Waals surface area (Å²) in [6.07, 6.45) is -2.03. The van der Waals surface area contributed by atoms with Crippen LogP contribution in [0.2, 0.25) is 0 Å². The van der Waals surface area contributed by atoms with Gasteiger partial charge in [0.25, 0.3) is 0 Å². The summed E-state index contributed by atoms with van der Waals surface area (Å²) in [4.78, 5) is 42.7. The largest absolute Gasteiger partial charge is 0.511 e. The second kappa shape index (κ2) is 24.8. The summed E-state index contributed by atoms with van der Waals surface area (Å²) in [7, 11) is 2.72. The third-order valence-corrected chi connectivity index (χ3v) is 20.3. The lowest BCUT2D eigenvalue weighted by atomic mass is 9.49. The van der Waals surface area contributed by atoms with E-state index < -0.39 is 157 Å². The molecule has 22 heteroatoms. The first-order chi connectivity index (χ1) is 39.1. The molecular weight excluding hydrogens is 1080 g/mol. The van der Waals surface area contributed by atoms with Crippen molar-refractivity contribution in [1.29, 1.82) is 0 Å². The van der Waals surface area contributed by atoms with Gasteiger partial charge in [0, 0.05) is 62.4 Å². The quantitative estimate of drug-likeness (QED) is 0.0509. The highest BCUT2D eigenvalue weighted by Crippen LogP contribution is 2.61. The Morgan fingerprint density at radius 3 is 1.94 bits per heavy atom. The third-order valence-electron chi connectivity index (χ3n) is 20.3. The molecule has 2 bridgehead atoms. The van der Waals surface area contributed by atoms with E-state index in [1.165, 1.54) is 14.2 Å². The lowest BCUT2D eigenvalue weighted by Gasteiger charge is -2.56. The van der Waals surface area contributed by atoms with Crippen molar-refractivity contribution in [1.82, 2.24) is 10.5 Å². The Kier molecular flexibility index (Phi) is 19.1. The highest BCUT2D eigenvalue weighted by molar-refractivity contribution is 6.26. The number of esters is 1. The van der Waals surface area contributed by atoms with Crippen LogP contribution >= 0.6 is 0 Å². The molecule has 0 aromatic rings. The molecule has 1 saturated carbocycles. The van der Waals surface area contributed by atoms with E-state index in [1.54, 1.807) is 34.6 Å². The number of hydroxylamine groups is 2. The number of carbonyl (C=O) groups excluding carboxylic acids is 3. The van der Waals surface area contributed by atoms with Gasteiger partial charge in [0.1, 0.15) is 29.6 Å². The predicted molar refractivity (Wildman–Crippen MR) is 295 cm³/mol. The van der Waals surface area contributed by atoms with E-state index in [2.05, 4.69) is 25.2 Å². The minimum absolute atomic E-state index is 0.0278. The van der Waals surface area contributed by atoms with Crippen LogP contribution in [0.1, 0.15) is 128 Å². The Balaban J connectivity index is 1.00. The maximum absolute atomic E-state index is 15.6. The van der Waals surface area contributed by atoms with Crippen LogP contribution in [0.15, 0.2) is 58.4 Å². The molecule has 0 aromatic carbocycles. The number of Topliss-reactive ketones (excluding diaryl/α,β-unsaturated/α-hetero) is 1. The number of aliphatic hydroxyl groups excluding tert-OH is 4. The fourth-order valence-electron chi connectivity index (χ4n) is 15.7. The second-order valence-electron chi connectivity index (χ2n) is 26.0. The molecular formula is C61H92N2O20. The smallest absolute Gasteiger partial charge is 0.407 e. The molecule has 1 amide bonds. The SMILES string of the molecule is COC(=O)N[C@H]1[C@@H](C)O[C@@H](O[C@H]2CC=C(C)[C@@H]3C=C[C@@H]4[C@@H](O[C@H]5C[C@@H](O[C@H]6C[C@@H](O)[C@@H](O[C@@H]7C[C@@H](O)[C@@H](OC)[C@H](C)O7)[C@H](C)O6)[C@@H](O)[C@H](C)O5)[C@@H](C)C[C@H](C)[C@H]4[C@]3(C)C(O)=C3C(=O)O[C@]4(C[C@@H](C)C(C)=C[C@H]4C=C2C)C3=O)C[C@]1(C)N(O)O. The third kappa shape index (κ3) is 12.0. The van der Waals surface area contributed by atoms with Gasteiger partial charge in [0.05, 0.1) is 73.6 Å². The monoisotopic (exact) mass is 1170 g/mol. The zero-order valence-electron chi connectivity index (χ0n) is 50.5. The van der Waals surface area contributed by atoms with Crippen LogP contribution in [0, 0.1) is 46.8 Å². The number of aliphatic hydroxyl groups is 4. The summed E-state index contributed by atoms with van der Waals surface area (Å²) in [6, 6.07) is -0.932. The van der Waals surface area contributed by atoms with Gasteiger partial charge in [-0.15, -0.1) is 0 Å². The van der Waals surface area contributed by atoms with Crippen molar-refractivity contribution in [2.24, 2.45) is 46.8 Å². The number of allylic oxidation sites excluding steroid dienone is 4. The summed E-state index contributed by atoms with van der Waals surface area (Å²) >= 11 is 0. The maximum atomic E-state index is 15.6. The van der Waals surface area contributed by atoms with Gasteiger partial charge >= 0.3 is 12.1 Å². The number of nitrogens with zero attached hydrogens (tertiary/aromatic N) is 1. The van der Waals surface area contributed by atoms with Crippen molar-refractivity contribution in [3.8, 4) is 0 Å². The first kappa shape index (κ1) is 63.8. The highest BCUT2D eigenvalue weighted by atomic mass is 16.8. The fraction of sp³-hybridized carbons (Fsp3) is 0.787. The molecule has 5 aliphatic heterocycles. The fourth-order valence-corrected chi connectivity index (χ4v) is 15.7. The number of carbonyl (C=O) groups is 3. The van der Waals surface area contributed by atoms with Gasteiger partial charge in [-0.1, -0.05) is 74.4 Å². The lowest BCUT2D eigenvalue weighted by Crippen LogP contribution is -2.68. The molecule has 0 radical (unpaired) electrons. The van der Waals surface area contributed by atoms with Gasteiger partial charge in [-0.3, -0.25) is 15.2 Å². The Morgan fingerprint density at radius 1 is 0.699 bits per heavy atom. The van der Waals surface area contributed by atoms with Gasteiger partial charge < -0.3 is 77.8 Å². The normalized spacial score (nSPS) is 47.8. The molecule has 9 aliphatic rings. The average Bonchev–Trinajstić information content (AvgIpc) is 1.91. The Labute approximate surface area is 487 Å². The number of alkyl carbamates (subject to hydrolysis) is 1. The zero-order chi connectivity index (χ0) is 60.5. The van der Waals surface area contributed by atoms with Gasteiger partial charge in [-0.25, -0.2) is 9.59 Å². The van der Waals surface area contributed by atoms with Gasteiger partial charge in [0.15, 0.2) is 30.8 Å². The number of rotatable bonds is 11. The van der Waals surface area contributed by atoms with Crippen LogP contribution in [0.3, 0.4) is 0 Å². The van der Waals surface area contributed by atoms with Crippen LogP contribution in [0.4, 0.5) is 4.79 Å². The van der Waals surface area contributed by atoms with Gasteiger partial charge in [-0.05, 0) is 97.5 Å². The van der Waals surface area contributed by atoms with E-state index in [-0.39, 0.29) is 78.8 Å². The number of methoxy groups -OCH3 is 2. The minimum atomic E-state index is -1.69. The van der Waals surface area contributed by atoms with Crippen molar-refractivity contribution in [2.75, 3.05) is 14.2 Å². The second-order valence-corrected chi connectivity index (χ2v) is 26.0. The molecule has 22 nitrogen and oxygen atoms in total. The number of ether oxygens (including phenoxy) is 11. The Morgan fingerprint density at radius 2 is 1.30 bits per heavy atom. The van der Waals surface area contributed by atoms with E-state index in [4.69, 9.17) is 52.1 Å². The van der Waals surface area contributed by atoms with Crippen LogP contribution in [-0.4, -0.2) is 184 Å². The summed E-state index contributed by atoms with van der Waals surface area (Å²) < 4.78 is 68.3. The van der Waals surface area contributed by atoms with E-state index in [1.807, 2.05) is 58.9 Å². The molecule has 9 rings (SSSR count). The summed E-state index contributed by atoms with van der Waals surface area (Å²) in [5.41, 5.74) is -2.34. The minimum Gasteiger partial charge on any atom is -0.511 e. The molecule has 6 fully saturated rings. The number of hydrogen-bond acceptors (Lipinski definition) is 21. The first-order valence-electron chi connectivity index (χ1n) is 29.8. The number of nitrogens with one attached hydrogen (secondary N) is 1. The highest BCUT2D eigenvalue weighted by Gasteiger charge is 2.64. The molecule has 83 heavy (non-hydrogen) atoms. The van der Waals surface area contributed by atoms with Crippen LogP contribution in [-0.2, 0) is 61.7 Å². The maximum Gasteiger partial charge on any atom is 0.407 e. The number of hydrogen-bond donors (Lipinski definition) is 7. The number of amides is 1. The number of fused-ring (bicyclic) bond motifs is 4. The zero-order valence-corrected chi connectivity index (χ0v) is 50.5. The van der Waals surface area contributed by atoms with Crippen molar-refractivity contribution >= 4 is 17.8 Å². The molecule has 466 valence electrons. The van der Waals surface area contributed by atoms with E-state index >= 15 is 4.79 Å². The van der Waals surface area contributed by atoms with E-state index in [0.717, 1.165) is 11.1 Å². The van der Waals surface area contributed by atoms with Crippen molar-refractivity contribution in [3.63, 3.8) is 0 Å². The Hall–Kier alpha value is -3.69. The first-order valence-corrected chi connectivity index (χ1v) is 29.8. The number of ketones is 1. The summed E-state index contributed by atoms with van der Waals surface area (Å²) in [5, 5.41) is 70.9. The summed E-state index contributed by atoms with van der Waals surface area (Å²) in [5.74, 6) is -4.26. The van der Waals surface area contributed by atoms with Crippen LogP contribution in [0.5, 0.6) is 0 Å². The van der Waals surface area contributed by atoms with Gasteiger partial charge in [-0.2, -0.15) is 0 Å². The molecule has 0 aromatic heterocycles. The molecule has 4 aliphatic carbocycles. The van der Waals surface area contributed by atoms with Crippen molar-refractivity contribution in [3.05, 3.63) is 58.4 Å². The van der Waals surface area contributed by atoms with Crippen molar-refractivity contribution < 1.29 is 97.3 Å². The molecule has 5 heterocycles. The average molecular weight is 1170 g/mol. The standard InChI is InChI=1S/C61H92N2O20/c1-27-15-18-42(79-47-26-59(11,63(71)72)54(36(10)78-47)62-58(70)74-14)29(3)21-37-20-28(2)32(6)25-61(37)56(68)48(57(69)83-61)55(67)60(12)39(27)17-16-38-49(60)30(4)19-31(5)51(38)81-46-24-43(50(66)33(7)75-46)80-44-23-41(65)53(35(9)77-44)82-45-22-40(64)52(73-13)34(8)76-45/h15-17,20-21,30-47,49-54,64-67,71-72H,18-19,22-26H2,1-14H3,(H,62,70)/t30-,31-,32+,33-,34-,35-,36+,37-,38-,39-,40+,41+,42-,43+,44-,45+,46-,47-,49+,50-,51-,52-,53-,54-,59-,60+,61-/m0/s1. The topological polar surface area (TPSA) is 289 Å². The molecule has 0 unspecified atom stereocenters. The van der Waals surface area contributed by atoms with Gasteiger partial charge in [0.2, 0.25) is 5.78 Å². The molecule has 1 spiro atoms. The van der Waals surface area contributed by atoms with Crippen LogP contribution < -0.4 is 5.32 Å². The lowest BCUT2D eigenvalue weighted by molar-refractivity contribution is -0.390. The van der Waals surface area contributed by atoms with E-state index in [0.29, 0.717) is 12.0 Å².